The fourth-order valence-electron chi connectivity index (χ4n) is 1.85. The molecule has 9 heteroatoms. The number of rotatable bonds is 8. The second kappa shape index (κ2) is 8.05. The van der Waals surface area contributed by atoms with Gasteiger partial charge in [-0.2, -0.15) is 0 Å². The van der Waals surface area contributed by atoms with Crippen molar-refractivity contribution in [3.05, 3.63) is 33.9 Å². The quantitative estimate of drug-likeness (QED) is 0.162. The maximum absolute atomic E-state index is 12.3. The number of unbranched alkanes of at least 4 members (excludes halogenated alkanes) is 1. The fraction of sp³-hybridized carbons (Fsp3) is 0.385. The van der Waals surface area contributed by atoms with Gasteiger partial charge in [-0.1, -0.05) is 6.42 Å². The third kappa shape index (κ3) is 4.79. The number of hydrogen-bond acceptors (Lipinski definition) is 7. The number of nitrogens with two attached hydrogens (primary N) is 2. The van der Waals surface area contributed by atoms with Gasteiger partial charge in [0.15, 0.2) is 5.78 Å². The zero-order chi connectivity index (χ0) is 16.7. The van der Waals surface area contributed by atoms with Crippen molar-refractivity contribution in [3.63, 3.8) is 0 Å². The van der Waals surface area contributed by atoms with Crippen LogP contribution in [0.25, 0.3) is 0 Å². The lowest BCUT2D eigenvalue weighted by Crippen LogP contribution is -2.31. The number of carbonyl (C=O) groups excluding carboxylic acids is 1. The van der Waals surface area contributed by atoms with E-state index in [0.29, 0.717) is 25.8 Å². The van der Waals surface area contributed by atoms with Crippen molar-refractivity contribution in [1.82, 2.24) is 0 Å². The topological polar surface area (TPSA) is 159 Å². The molecule has 1 aromatic carbocycles. The molecule has 0 saturated carbocycles. The van der Waals surface area contributed by atoms with Gasteiger partial charge in [0, 0.05) is 12.1 Å². The van der Waals surface area contributed by atoms with Crippen LogP contribution in [-0.2, 0) is 0 Å². The number of hydrogen-bond donors (Lipinski definition) is 3. The van der Waals surface area contributed by atoms with Crippen molar-refractivity contribution in [1.29, 1.82) is 0 Å². The highest BCUT2D eigenvalue weighted by atomic mass is 16.7. The molecule has 1 atom stereocenters. The van der Waals surface area contributed by atoms with Crippen molar-refractivity contribution in [2.75, 3.05) is 6.54 Å². The molecule has 22 heavy (non-hydrogen) atoms. The van der Waals surface area contributed by atoms with Gasteiger partial charge in [-0.05, 0) is 25.5 Å². The molecule has 0 aliphatic carbocycles. The van der Waals surface area contributed by atoms with E-state index in [-0.39, 0.29) is 17.0 Å². The van der Waals surface area contributed by atoms with Crippen LogP contribution in [0.1, 0.15) is 29.6 Å². The second-order valence-electron chi connectivity index (χ2n) is 4.56. The van der Waals surface area contributed by atoms with E-state index in [1.807, 2.05) is 0 Å². The maximum Gasteiger partial charge on any atom is 0.511 e. The molecule has 0 fully saturated rings. The Morgan fingerprint density at radius 1 is 1.36 bits per heavy atom. The second-order valence-corrected chi connectivity index (χ2v) is 4.56. The number of carboxylic acid groups (broad SMARTS) is 1. The summed E-state index contributed by atoms with van der Waals surface area (Å²) in [5, 5.41) is 19.4. The normalized spacial score (nSPS) is 11.7. The fourth-order valence-corrected chi connectivity index (χ4v) is 1.85. The van der Waals surface area contributed by atoms with Crippen LogP contribution in [0.5, 0.6) is 5.75 Å². The monoisotopic (exact) mass is 311 g/mol. The van der Waals surface area contributed by atoms with Gasteiger partial charge in [0.25, 0.3) is 5.69 Å². The Morgan fingerprint density at radius 3 is 2.59 bits per heavy atom. The van der Waals surface area contributed by atoms with E-state index in [2.05, 4.69) is 4.74 Å². The van der Waals surface area contributed by atoms with Crippen molar-refractivity contribution in [3.8, 4) is 5.75 Å². The number of nitro benzene ring substituents is 1. The predicted octanol–water partition coefficient (Wildman–Crippen LogP) is 1.29. The standard InChI is InChI=1S/C13H17N3O6/c14-6-2-1-3-10(15)12(17)9-7-8(16(20)21)4-5-11(9)22-13(18)19/h4-5,7,10H,1-3,6,14-15H2,(H,18,19). The minimum Gasteiger partial charge on any atom is -0.449 e. The lowest BCUT2D eigenvalue weighted by Gasteiger charge is -2.12. The van der Waals surface area contributed by atoms with E-state index in [1.165, 1.54) is 0 Å². The molecule has 0 aromatic heterocycles. The van der Waals surface area contributed by atoms with E-state index >= 15 is 0 Å². The molecule has 0 aliphatic rings. The first-order chi connectivity index (χ1) is 10.4. The van der Waals surface area contributed by atoms with Crippen LogP contribution in [0.4, 0.5) is 10.5 Å². The molecule has 5 N–H and O–H groups in total. The summed E-state index contributed by atoms with van der Waals surface area (Å²) in [4.78, 5) is 33.0. The zero-order valence-corrected chi connectivity index (χ0v) is 11.7. The van der Waals surface area contributed by atoms with Crippen LogP contribution >= 0.6 is 0 Å². The number of nitro groups is 1. The van der Waals surface area contributed by atoms with Gasteiger partial charge in [0.2, 0.25) is 0 Å². The Balaban J connectivity index is 3.06. The van der Waals surface area contributed by atoms with Crippen LogP contribution in [0.15, 0.2) is 18.2 Å². The van der Waals surface area contributed by atoms with Crippen LogP contribution in [0.2, 0.25) is 0 Å². The highest BCUT2D eigenvalue weighted by molar-refractivity contribution is 6.03. The first-order valence-corrected chi connectivity index (χ1v) is 6.56. The lowest BCUT2D eigenvalue weighted by atomic mass is 9.99. The Morgan fingerprint density at radius 2 is 2.05 bits per heavy atom. The van der Waals surface area contributed by atoms with E-state index in [1.54, 1.807) is 0 Å². The Hall–Kier alpha value is -2.52. The average Bonchev–Trinajstić information content (AvgIpc) is 2.46. The third-order valence-electron chi connectivity index (χ3n) is 2.94. The summed E-state index contributed by atoms with van der Waals surface area (Å²) in [7, 11) is 0. The van der Waals surface area contributed by atoms with Gasteiger partial charge >= 0.3 is 6.16 Å². The lowest BCUT2D eigenvalue weighted by molar-refractivity contribution is -0.384. The minimum atomic E-state index is -1.63. The number of ketones is 1. The molecule has 1 unspecified atom stereocenters. The summed E-state index contributed by atoms with van der Waals surface area (Å²) >= 11 is 0. The molecule has 9 nitrogen and oxygen atoms in total. The van der Waals surface area contributed by atoms with Gasteiger partial charge in [0.05, 0.1) is 16.5 Å². The van der Waals surface area contributed by atoms with E-state index in [0.717, 1.165) is 18.2 Å². The zero-order valence-electron chi connectivity index (χ0n) is 11.7. The molecule has 0 radical (unpaired) electrons. The molecular formula is C13H17N3O6. The molecular weight excluding hydrogens is 294 g/mol. The molecule has 120 valence electrons. The largest absolute Gasteiger partial charge is 0.511 e. The van der Waals surface area contributed by atoms with E-state index in [4.69, 9.17) is 16.6 Å². The average molecular weight is 311 g/mol. The van der Waals surface area contributed by atoms with Crippen LogP contribution < -0.4 is 16.2 Å². The molecule has 0 aliphatic heterocycles. The molecule has 1 rings (SSSR count). The Bertz CT molecular complexity index is 575. The highest BCUT2D eigenvalue weighted by Crippen LogP contribution is 2.26. The van der Waals surface area contributed by atoms with Crippen molar-refractivity contribution in [2.24, 2.45) is 11.5 Å². The summed E-state index contributed by atoms with van der Waals surface area (Å²) < 4.78 is 4.47. The molecule has 0 amide bonds. The number of nitrogens with zero attached hydrogens (tertiary/aromatic N) is 1. The molecule has 1 aromatic rings. The number of ether oxygens (including phenoxy) is 1. The van der Waals surface area contributed by atoms with Crippen molar-refractivity contribution < 1.29 is 24.4 Å². The van der Waals surface area contributed by atoms with Crippen LogP contribution in [0.3, 0.4) is 0 Å². The van der Waals surface area contributed by atoms with Crippen molar-refractivity contribution >= 4 is 17.6 Å². The van der Waals surface area contributed by atoms with Crippen LogP contribution in [-0.4, -0.2) is 34.6 Å². The third-order valence-corrected chi connectivity index (χ3v) is 2.94. The number of non-ortho nitro benzene ring substituents is 1. The predicted molar refractivity (Wildman–Crippen MR) is 77.0 cm³/mol. The maximum atomic E-state index is 12.3. The number of benzene rings is 1. The molecule has 0 bridgehead atoms. The first-order valence-electron chi connectivity index (χ1n) is 6.56. The minimum absolute atomic E-state index is 0.225. The first kappa shape index (κ1) is 17.5. The highest BCUT2D eigenvalue weighted by Gasteiger charge is 2.23. The smallest absolute Gasteiger partial charge is 0.449 e. The van der Waals surface area contributed by atoms with Gasteiger partial charge in [-0.15, -0.1) is 0 Å². The SMILES string of the molecule is NCCCCC(N)C(=O)c1cc([N+](=O)[O-])ccc1OC(=O)O. The number of carbonyl (C=O) groups is 2. The summed E-state index contributed by atoms with van der Waals surface area (Å²) in [6.07, 6.45) is 0.0206. The van der Waals surface area contributed by atoms with Gasteiger partial charge in [0.1, 0.15) is 5.75 Å². The summed E-state index contributed by atoms with van der Waals surface area (Å²) in [6.45, 7) is 0.463. The van der Waals surface area contributed by atoms with Crippen molar-refractivity contribution in [2.45, 2.75) is 25.3 Å². The summed E-state index contributed by atoms with van der Waals surface area (Å²) in [5.41, 5.74) is 10.5. The van der Waals surface area contributed by atoms with E-state index in [9.17, 15) is 19.7 Å². The summed E-state index contributed by atoms with van der Waals surface area (Å²) in [6, 6.07) is 2.16. The molecule has 0 heterocycles. The molecule has 0 saturated heterocycles. The summed E-state index contributed by atoms with van der Waals surface area (Å²) in [5.74, 6) is -0.894. The van der Waals surface area contributed by atoms with Crippen LogP contribution in [0, 0.1) is 10.1 Å². The van der Waals surface area contributed by atoms with E-state index < -0.39 is 22.9 Å². The Kier molecular flexibility index (Phi) is 6.42. The number of Topliss-reactive ketones (excluding diaryl/α,β-unsaturated/α-hetero) is 1. The Labute approximate surface area is 126 Å². The van der Waals surface area contributed by atoms with Gasteiger partial charge in [-0.3, -0.25) is 14.9 Å². The van der Waals surface area contributed by atoms with Gasteiger partial charge in [-0.25, -0.2) is 4.79 Å². The van der Waals surface area contributed by atoms with Gasteiger partial charge < -0.3 is 21.3 Å². The molecule has 0 spiro atoms.